The van der Waals surface area contributed by atoms with E-state index in [0.29, 0.717) is 34.0 Å². The molecule has 162 valence electrons. The van der Waals surface area contributed by atoms with Crippen molar-refractivity contribution in [2.75, 3.05) is 11.9 Å². The van der Waals surface area contributed by atoms with Crippen LogP contribution in [0.4, 0.5) is 5.69 Å². The van der Waals surface area contributed by atoms with Crippen LogP contribution < -0.4 is 10.1 Å². The lowest BCUT2D eigenvalue weighted by atomic mass is 9.63. The van der Waals surface area contributed by atoms with Crippen LogP contribution in [-0.2, 0) is 14.4 Å². The maximum Gasteiger partial charge on any atom is 0.244 e. The number of imide groups is 1. The van der Waals surface area contributed by atoms with Gasteiger partial charge in [0.25, 0.3) is 0 Å². The Balaban J connectivity index is 1.10. The summed E-state index contributed by atoms with van der Waals surface area (Å²) >= 11 is 6.11. The molecule has 1 saturated heterocycles. The number of carbonyl (C=O) groups is 3. The number of para-hydroxylation sites is 1. The average molecular weight is 449 g/mol. The molecule has 0 spiro atoms. The van der Waals surface area contributed by atoms with E-state index in [-0.39, 0.29) is 42.0 Å². The van der Waals surface area contributed by atoms with Gasteiger partial charge in [0.05, 0.1) is 16.9 Å². The standard InChI is InChI=1S/C25H21ClN2O4/c26-19-3-1-2-4-20(19)32-14-7-5-13(6-8-14)27-21(29)12-28-24(30)22-15-9-10-16(18-11-17(15)18)23(22)25(28)31/h1-10,15-18,22-23H,11-12H2,(H,27,29)/t15-,16-,17-,18+,22+,23+/m1/s1. The number of hydrogen-bond donors (Lipinski definition) is 1. The molecule has 7 heteroatoms. The lowest BCUT2D eigenvalue weighted by molar-refractivity contribution is -0.142. The van der Waals surface area contributed by atoms with Crippen molar-refractivity contribution in [2.45, 2.75) is 6.42 Å². The molecular formula is C25H21ClN2O4. The van der Waals surface area contributed by atoms with Crippen LogP contribution in [-0.4, -0.2) is 29.2 Å². The van der Waals surface area contributed by atoms with Crippen molar-refractivity contribution < 1.29 is 19.1 Å². The number of nitrogens with one attached hydrogen (secondary N) is 1. The molecule has 32 heavy (non-hydrogen) atoms. The first-order chi connectivity index (χ1) is 15.5. The van der Waals surface area contributed by atoms with E-state index in [0.717, 1.165) is 11.3 Å². The molecule has 6 atom stereocenters. The fourth-order valence-corrected chi connectivity index (χ4v) is 5.95. The molecule has 5 aliphatic rings. The first-order valence-electron chi connectivity index (χ1n) is 10.9. The van der Waals surface area contributed by atoms with Crippen LogP contribution in [0.25, 0.3) is 0 Å². The number of amides is 3. The highest BCUT2D eigenvalue weighted by atomic mass is 35.5. The minimum Gasteiger partial charge on any atom is -0.456 e. The van der Waals surface area contributed by atoms with Gasteiger partial charge in [0.1, 0.15) is 18.0 Å². The first kappa shape index (κ1) is 19.6. The predicted molar refractivity (Wildman–Crippen MR) is 118 cm³/mol. The van der Waals surface area contributed by atoms with Crippen molar-refractivity contribution in [1.29, 1.82) is 0 Å². The van der Waals surface area contributed by atoms with E-state index < -0.39 is 5.91 Å². The number of nitrogens with zero attached hydrogens (tertiary/aromatic N) is 1. The van der Waals surface area contributed by atoms with Crippen LogP contribution in [0.15, 0.2) is 60.7 Å². The Morgan fingerprint density at radius 3 is 2.22 bits per heavy atom. The topological polar surface area (TPSA) is 75.7 Å². The largest absolute Gasteiger partial charge is 0.456 e. The number of anilines is 1. The zero-order chi connectivity index (χ0) is 22.0. The molecule has 3 amide bonds. The van der Waals surface area contributed by atoms with Gasteiger partial charge in [-0.15, -0.1) is 0 Å². The lowest BCUT2D eigenvalue weighted by Crippen LogP contribution is -2.40. The Morgan fingerprint density at radius 1 is 0.969 bits per heavy atom. The summed E-state index contributed by atoms with van der Waals surface area (Å²) in [6.45, 7) is -0.253. The number of benzene rings is 2. The SMILES string of the molecule is O=C(CN1C(=O)[C@H]2[C@@H]3C=C[C@H]([C@@H]4C[C@H]34)[C@@H]2C1=O)Nc1ccc(Oc2ccccc2Cl)cc1. The molecule has 0 radical (unpaired) electrons. The van der Waals surface area contributed by atoms with E-state index in [1.807, 2.05) is 12.1 Å². The van der Waals surface area contributed by atoms with Gasteiger partial charge < -0.3 is 10.1 Å². The van der Waals surface area contributed by atoms with Gasteiger partial charge in [0.15, 0.2) is 0 Å². The van der Waals surface area contributed by atoms with Gasteiger partial charge in [0, 0.05) is 5.69 Å². The van der Waals surface area contributed by atoms with Crippen molar-refractivity contribution >= 4 is 35.0 Å². The first-order valence-corrected chi connectivity index (χ1v) is 11.2. The summed E-state index contributed by atoms with van der Waals surface area (Å²) in [5.74, 6) is 1.18. The molecule has 2 aromatic carbocycles. The van der Waals surface area contributed by atoms with Gasteiger partial charge in [-0.2, -0.15) is 0 Å². The van der Waals surface area contributed by atoms with Gasteiger partial charge in [-0.25, -0.2) is 0 Å². The van der Waals surface area contributed by atoms with Gasteiger partial charge in [0.2, 0.25) is 17.7 Å². The van der Waals surface area contributed by atoms with Crippen LogP contribution in [0.5, 0.6) is 11.5 Å². The number of hydrogen-bond acceptors (Lipinski definition) is 4. The number of rotatable bonds is 5. The third-order valence-corrected chi connectivity index (χ3v) is 7.57. The van der Waals surface area contributed by atoms with Gasteiger partial charge in [-0.05, 0) is 66.5 Å². The number of likely N-dealkylation sites (tertiary alicyclic amines) is 1. The Hall–Kier alpha value is -3.12. The number of halogens is 1. The van der Waals surface area contributed by atoms with E-state index >= 15 is 0 Å². The molecular weight excluding hydrogens is 428 g/mol. The van der Waals surface area contributed by atoms with Gasteiger partial charge >= 0.3 is 0 Å². The monoisotopic (exact) mass is 448 g/mol. The number of ether oxygens (including phenoxy) is 1. The molecule has 1 aliphatic heterocycles. The zero-order valence-electron chi connectivity index (χ0n) is 17.1. The molecule has 1 N–H and O–H groups in total. The van der Waals surface area contributed by atoms with Crippen LogP contribution >= 0.6 is 11.6 Å². The number of allylic oxidation sites excluding steroid dienone is 2. The summed E-state index contributed by atoms with van der Waals surface area (Å²) in [6.07, 6.45) is 5.37. The Kier molecular flexibility index (Phi) is 4.40. The van der Waals surface area contributed by atoms with E-state index in [4.69, 9.17) is 16.3 Å². The summed E-state index contributed by atoms with van der Waals surface area (Å²) in [6, 6.07) is 14.0. The molecule has 2 saturated carbocycles. The fraction of sp³-hybridized carbons (Fsp3) is 0.320. The highest BCUT2D eigenvalue weighted by Gasteiger charge is 2.67. The minimum atomic E-state index is -0.393. The molecule has 3 fully saturated rings. The van der Waals surface area contributed by atoms with E-state index in [9.17, 15) is 14.4 Å². The quantitative estimate of drug-likeness (QED) is 0.551. The summed E-state index contributed by atoms with van der Waals surface area (Å²) in [5.41, 5.74) is 0.556. The Bertz CT molecular complexity index is 1120. The molecule has 4 aliphatic carbocycles. The fourth-order valence-electron chi connectivity index (χ4n) is 5.78. The third kappa shape index (κ3) is 3.05. The minimum absolute atomic E-state index is 0.158. The van der Waals surface area contributed by atoms with Crippen LogP contribution in [0.1, 0.15) is 6.42 Å². The third-order valence-electron chi connectivity index (χ3n) is 7.26. The average Bonchev–Trinajstić information content (AvgIpc) is 3.58. The van der Waals surface area contributed by atoms with E-state index in [1.54, 1.807) is 36.4 Å². The smallest absolute Gasteiger partial charge is 0.244 e. The second-order valence-electron chi connectivity index (χ2n) is 9.02. The Morgan fingerprint density at radius 2 is 1.59 bits per heavy atom. The Labute approximate surface area is 190 Å². The molecule has 0 unspecified atom stereocenters. The molecule has 0 aromatic heterocycles. The van der Waals surface area contributed by atoms with Gasteiger partial charge in [-0.3, -0.25) is 19.3 Å². The van der Waals surface area contributed by atoms with Crippen LogP contribution in [0, 0.1) is 35.5 Å². The molecule has 2 aromatic rings. The maximum absolute atomic E-state index is 13.0. The van der Waals surface area contributed by atoms with Gasteiger partial charge in [-0.1, -0.05) is 35.9 Å². The van der Waals surface area contributed by atoms with E-state index in [1.165, 1.54) is 0 Å². The van der Waals surface area contributed by atoms with E-state index in [2.05, 4.69) is 17.5 Å². The summed E-state index contributed by atoms with van der Waals surface area (Å²) in [5, 5.41) is 3.27. The molecule has 7 rings (SSSR count). The molecule has 2 bridgehead atoms. The maximum atomic E-state index is 13.0. The van der Waals surface area contributed by atoms with Crippen molar-refractivity contribution in [2.24, 2.45) is 35.5 Å². The van der Waals surface area contributed by atoms with Crippen molar-refractivity contribution in [3.05, 3.63) is 65.7 Å². The highest BCUT2D eigenvalue weighted by Crippen LogP contribution is 2.65. The second kappa shape index (κ2) is 7.20. The van der Waals surface area contributed by atoms with Crippen molar-refractivity contribution in [1.82, 2.24) is 4.90 Å². The predicted octanol–water partition coefficient (Wildman–Crippen LogP) is 4.12. The summed E-state index contributed by atoms with van der Waals surface area (Å²) in [4.78, 5) is 39.8. The van der Waals surface area contributed by atoms with Crippen molar-refractivity contribution in [3.63, 3.8) is 0 Å². The molecule has 1 heterocycles. The lowest BCUT2D eigenvalue weighted by Gasteiger charge is -2.37. The van der Waals surface area contributed by atoms with Crippen molar-refractivity contribution in [3.8, 4) is 11.5 Å². The second-order valence-corrected chi connectivity index (χ2v) is 9.43. The number of carbonyl (C=O) groups excluding carboxylic acids is 3. The summed E-state index contributed by atoms with van der Waals surface area (Å²) in [7, 11) is 0. The molecule has 6 nitrogen and oxygen atoms in total. The van der Waals surface area contributed by atoms with Crippen LogP contribution in [0.3, 0.4) is 0 Å². The zero-order valence-corrected chi connectivity index (χ0v) is 17.9. The van der Waals surface area contributed by atoms with Crippen LogP contribution in [0.2, 0.25) is 5.02 Å². The normalized spacial score (nSPS) is 31.3. The highest BCUT2D eigenvalue weighted by molar-refractivity contribution is 6.32. The summed E-state index contributed by atoms with van der Waals surface area (Å²) < 4.78 is 5.75.